The van der Waals surface area contributed by atoms with Gasteiger partial charge in [-0.05, 0) is 31.8 Å². The average Bonchev–Trinajstić information content (AvgIpc) is 2.25. The first-order valence-electron chi connectivity index (χ1n) is 6.53. The maximum Gasteiger partial charge on any atom is 0.522 e. The van der Waals surface area contributed by atoms with Gasteiger partial charge in [-0.1, -0.05) is 13.8 Å². The summed E-state index contributed by atoms with van der Waals surface area (Å²) in [4.78, 5) is 2.06. The molecule has 1 fully saturated rings. The van der Waals surface area contributed by atoms with Gasteiger partial charge in [-0.25, -0.2) is 0 Å². The molecule has 0 amide bonds. The molecule has 1 unspecified atom stereocenters. The predicted octanol–water partition coefficient (Wildman–Crippen LogP) is 2.23. The Morgan fingerprint density at radius 2 is 2.11 bits per heavy atom. The lowest BCUT2D eigenvalue weighted by Crippen LogP contribution is -2.42. The second-order valence-corrected chi connectivity index (χ2v) is 5.17. The molecule has 0 bridgehead atoms. The highest BCUT2D eigenvalue weighted by Gasteiger charge is 2.29. The summed E-state index contributed by atoms with van der Waals surface area (Å²) in [5, 5.41) is 3.38. The van der Waals surface area contributed by atoms with Crippen molar-refractivity contribution in [2.24, 2.45) is 5.92 Å². The Morgan fingerprint density at radius 1 is 1.39 bits per heavy atom. The molecule has 1 aliphatic rings. The van der Waals surface area contributed by atoms with Crippen molar-refractivity contribution in [1.29, 1.82) is 0 Å². The highest BCUT2D eigenvalue weighted by Crippen LogP contribution is 2.18. The third kappa shape index (κ3) is 7.18. The summed E-state index contributed by atoms with van der Waals surface area (Å²) < 4.78 is 39.3. The number of alkyl halides is 3. The maximum absolute atomic E-state index is 11.8. The van der Waals surface area contributed by atoms with Crippen LogP contribution in [-0.2, 0) is 4.74 Å². The minimum absolute atomic E-state index is 0.270. The van der Waals surface area contributed by atoms with Crippen molar-refractivity contribution < 1.29 is 17.9 Å². The molecule has 0 aliphatic carbocycles. The summed E-state index contributed by atoms with van der Waals surface area (Å²) in [7, 11) is 0. The lowest BCUT2D eigenvalue weighted by atomic mass is 9.98. The first-order chi connectivity index (χ1) is 8.37. The monoisotopic (exact) mass is 268 g/mol. The van der Waals surface area contributed by atoms with Crippen molar-refractivity contribution in [2.75, 3.05) is 32.8 Å². The number of likely N-dealkylation sites (tertiary alicyclic amines) is 1. The summed E-state index contributed by atoms with van der Waals surface area (Å²) in [6.07, 6.45) is -2.30. The second kappa shape index (κ2) is 7.31. The van der Waals surface area contributed by atoms with Crippen LogP contribution in [0.2, 0.25) is 0 Å². The zero-order chi connectivity index (χ0) is 13.6. The van der Waals surface area contributed by atoms with Crippen LogP contribution in [0.4, 0.5) is 13.2 Å². The van der Waals surface area contributed by atoms with Crippen LogP contribution in [0.1, 0.15) is 26.7 Å². The van der Waals surface area contributed by atoms with E-state index < -0.39 is 6.36 Å². The Labute approximate surface area is 107 Å². The van der Waals surface area contributed by atoms with Crippen molar-refractivity contribution in [1.82, 2.24) is 10.2 Å². The number of halogens is 3. The van der Waals surface area contributed by atoms with Crippen molar-refractivity contribution >= 4 is 0 Å². The van der Waals surface area contributed by atoms with Crippen molar-refractivity contribution in [3.63, 3.8) is 0 Å². The van der Waals surface area contributed by atoms with E-state index >= 15 is 0 Å². The number of ether oxygens (including phenoxy) is 1. The van der Waals surface area contributed by atoms with E-state index in [9.17, 15) is 13.2 Å². The van der Waals surface area contributed by atoms with Gasteiger partial charge in [0.05, 0.1) is 6.61 Å². The molecule has 3 nitrogen and oxygen atoms in total. The molecular weight excluding hydrogens is 245 g/mol. The molecule has 1 heterocycles. The predicted molar refractivity (Wildman–Crippen MR) is 64.3 cm³/mol. The molecule has 0 spiro atoms. The normalized spacial score (nSPS) is 22.7. The van der Waals surface area contributed by atoms with Gasteiger partial charge < -0.3 is 10.2 Å². The molecule has 18 heavy (non-hydrogen) atoms. The van der Waals surface area contributed by atoms with Crippen LogP contribution in [0.5, 0.6) is 0 Å². The summed E-state index contributed by atoms with van der Waals surface area (Å²) in [6, 6.07) is 0.453. The van der Waals surface area contributed by atoms with E-state index in [4.69, 9.17) is 0 Å². The third-order valence-electron chi connectivity index (χ3n) is 3.09. The van der Waals surface area contributed by atoms with Crippen LogP contribution in [0.25, 0.3) is 0 Å². The van der Waals surface area contributed by atoms with Gasteiger partial charge in [0.15, 0.2) is 0 Å². The Balaban J connectivity index is 2.18. The van der Waals surface area contributed by atoms with E-state index in [1.165, 1.54) is 0 Å². The SMILES string of the molecule is CC(C)NCC1CCCN(CCOC(F)(F)F)C1. The molecule has 1 atom stereocenters. The number of hydrogen-bond donors (Lipinski definition) is 1. The quantitative estimate of drug-likeness (QED) is 0.799. The minimum atomic E-state index is -4.51. The van der Waals surface area contributed by atoms with Crippen LogP contribution >= 0.6 is 0 Å². The molecule has 1 rings (SSSR count). The van der Waals surface area contributed by atoms with Gasteiger partial charge in [0, 0.05) is 19.1 Å². The molecule has 1 aliphatic heterocycles. The van der Waals surface area contributed by atoms with Crippen LogP contribution in [0.15, 0.2) is 0 Å². The zero-order valence-corrected chi connectivity index (χ0v) is 11.1. The Bertz CT molecular complexity index is 234. The summed E-state index contributed by atoms with van der Waals surface area (Å²) >= 11 is 0. The smallest absolute Gasteiger partial charge is 0.314 e. The largest absolute Gasteiger partial charge is 0.522 e. The molecule has 0 aromatic heterocycles. The first kappa shape index (κ1) is 15.7. The maximum atomic E-state index is 11.8. The van der Waals surface area contributed by atoms with E-state index in [-0.39, 0.29) is 6.61 Å². The van der Waals surface area contributed by atoms with Crippen LogP contribution in [0.3, 0.4) is 0 Å². The minimum Gasteiger partial charge on any atom is -0.314 e. The Morgan fingerprint density at radius 3 is 2.72 bits per heavy atom. The average molecular weight is 268 g/mol. The van der Waals surface area contributed by atoms with Crippen LogP contribution < -0.4 is 5.32 Å². The van der Waals surface area contributed by atoms with Crippen molar-refractivity contribution in [2.45, 2.75) is 39.1 Å². The van der Waals surface area contributed by atoms with E-state index in [2.05, 4.69) is 28.8 Å². The third-order valence-corrected chi connectivity index (χ3v) is 3.09. The highest BCUT2D eigenvalue weighted by molar-refractivity contribution is 4.75. The molecule has 1 saturated heterocycles. The number of nitrogens with one attached hydrogen (secondary N) is 1. The van der Waals surface area contributed by atoms with Crippen LogP contribution in [0, 0.1) is 5.92 Å². The van der Waals surface area contributed by atoms with Gasteiger partial charge in [-0.3, -0.25) is 4.74 Å². The number of nitrogens with zero attached hydrogens (tertiary/aromatic N) is 1. The van der Waals surface area contributed by atoms with E-state index in [1.54, 1.807) is 0 Å². The summed E-state index contributed by atoms with van der Waals surface area (Å²) in [5.74, 6) is 0.534. The molecule has 6 heteroatoms. The van der Waals surface area contributed by atoms with Gasteiger partial charge in [-0.15, -0.1) is 13.2 Å². The van der Waals surface area contributed by atoms with Crippen molar-refractivity contribution in [3.05, 3.63) is 0 Å². The molecule has 1 N–H and O–H groups in total. The standard InChI is InChI=1S/C12H23F3N2O/c1-10(2)16-8-11-4-3-5-17(9-11)6-7-18-12(13,14)15/h10-11,16H,3-9H2,1-2H3. The summed E-state index contributed by atoms with van der Waals surface area (Å²) in [5.41, 5.74) is 0. The first-order valence-corrected chi connectivity index (χ1v) is 6.53. The molecule has 0 radical (unpaired) electrons. The van der Waals surface area contributed by atoms with E-state index in [0.29, 0.717) is 18.5 Å². The van der Waals surface area contributed by atoms with Crippen molar-refractivity contribution in [3.8, 4) is 0 Å². The fraction of sp³-hybridized carbons (Fsp3) is 1.00. The number of piperidine rings is 1. The zero-order valence-electron chi connectivity index (χ0n) is 11.1. The van der Waals surface area contributed by atoms with Gasteiger partial charge >= 0.3 is 6.36 Å². The van der Waals surface area contributed by atoms with Gasteiger partial charge in [0.2, 0.25) is 0 Å². The lowest BCUT2D eigenvalue weighted by Gasteiger charge is -2.33. The fourth-order valence-electron chi connectivity index (χ4n) is 2.21. The van der Waals surface area contributed by atoms with Gasteiger partial charge in [-0.2, -0.15) is 0 Å². The summed E-state index contributed by atoms with van der Waals surface area (Å²) in [6.45, 7) is 6.95. The Hall–Kier alpha value is -0.330. The lowest BCUT2D eigenvalue weighted by molar-refractivity contribution is -0.325. The van der Waals surface area contributed by atoms with Crippen LogP contribution in [-0.4, -0.2) is 50.1 Å². The van der Waals surface area contributed by atoms with E-state index in [1.807, 2.05) is 0 Å². The second-order valence-electron chi connectivity index (χ2n) is 5.17. The molecule has 0 aromatic rings. The number of rotatable bonds is 6. The molecular formula is C12H23F3N2O. The fourth-order valence-corrected chi connectivity index (χ4v) is 2.21. The van der Waals surface area contributed by atoms with Gasteiger partial charge in [0.1, 0.15) is 0 Å². The topological polar surface area (TPSA) is 24.5 Å². The number of hydrogen-bond acceptors (Lipinski definition) is 3. The molecule has 108 valence electrons. The molecule has 0 saturated carbocycles. The highest BCUT2D eigenvalue weighted by atomic mass is 19.4. The Kier molecular flexibility index (Phi) is 6.38. The van der Waals surface area contributed by atoms with E-state index in [0.717, 1.165) is 32.5 Å². The molecule has 0 aromatic carbocycles. The van der Waals surface area contributed by atoms with Gasteiger partial charge in [0.25, 0.3) is 0 Å².